The summed E-state index contributed by atoms with van der Waals surface area (Å²) in [5, 5.41) is 3.45. The van der Waals surface area contributed by atoms with Crippen LogP contribution in [0.4, 0.5) is 0 Å². The quantitative estimate of drug-likeness (QED) is 0.873. The molecule has 0 aromatic carbocycles. The summed E-state index contributed by atoms with van der Waals surface area (Å²) < 4.78 is 0. The number of aryl methyl sites for hydroxylation is 1. The molecule has 2 atom stereocenters. The van der Waals surface area contributed by atoms with Gasteiger partial charge in [-0.05, 0) is 45.2 Å². The Labute approximate surface area is 101 Å². The van der Waals surface area contributed by atoms with E-state index in [4.69, 9.17) is 5.73 Å². The topological polar surface area (TPSA) is 42.1 Å². The Hall–Kier alpha value is -0.450. The number of thiazole rings is 1. The van der Waals surface area contributed by atoms with Crippen molar-refractivity contribution in [2.45, 2.75) is 38.3 Å². The van der Waals surface area contributed by atoms with Crippen LogP contribution in [0.5, 0.6) is 0 Å². The maximum absolute atomic E-state index is 5.90. The third-order valence-electron chi connectivity index (χ3n) is 3.77. The van der Waals surface area contributed by atoms with Gasteiger partial charge >= 0.3 is 0 Å². The standard InChI is InChI=1S/C12H19N3S/c1-8-7-16-12(14-8)11-9(6-13)4-5-15(11)10-2-3-10/h7,9-11H,2-6,13H2,1H3. The molecule has 2 aliphatic rings. The zero-order chi connectivity index (χ0) is 11.1. The second-order valence-corrected chi connectivity index (χ2v) is 5.92. The van der Waals surface area contributed by atoms with Crippen molar-refractivity contribution < 1.29 is 0 Å². The molecule has 0 spiro atoms. The minimum atomic E-state index is 0.510. The lowest BCUT2D eigenvalue weighted by Crippen LogP contribution is -2.29. The van der Waals surface area contributed by atoms with Crippen LogP contribution >= 0.6 is 11.3 Å². The van der Waals surface area contributed by atoms with Crippen molar-refractivity contribution in [1.82, 2.24) is 9.88 Å². The fourth-order valence-corrected chi connectivity index (χ4v) is 3.80. The zero-order valence-electron chi connectivity index (χ0n) is 9.72. The van der Waals surface area contributed by atoms with Gasteiger partial charge in [-0.1, -0.05) is 0 Å². The second kappa shape index (κ2) is 4.09. The van der Waals surface area contributed by atoms with Crippen molar-refractivity contribution in [2.24, 2.45) is 11.7 Å². The lowest BCUT2D eigenvalue weighted by atomic mass is 10.0. The Kier molecular flexibility index (Phi) is 2.73. The molecule has 0 bridgehead atoms. The van der Waals surface area contributed by atoms with Crippen LogP contribution in [0.15, 0.2) is 5.38 Å². The molecular formula is C12H19N3S. The van der Waals surface area contributed by atoms with Gasteiger partial charge in [0.25, 0.3) is 0 Å². The summed E-state index contributed by atoms with van der Waals surface area (Å²) in [5.41, 5.74) is 7.05. The molecule has 1 aromatic heterocycles. The summed E-state index contributed by atoms with van der Waals surface area (Å²) in [4.78, 5) is 7.32. The lowest BCUT2D eigenvalue weighted by Gasteiger charge is -2.25. The number of likely N-dealkylation sites (tertiary alicyclic amines) is 1. The van der Waals surface area contributed by atoms with Crippen LogP contribution in [0, 0.1) is 12.8 Å². The van der Waals surface area contributed by atoms with Gasteiger partial charge in [0.05, 0.1) is 6.04 Å². The molecule has 3 rings (SSSR count). The number of hydrogen-bond donors (Lipinski definition) is 1. The highest BCUT2D eigenvalue weighted by atomic mass is 32.1. The van der Waals surface area contributed by atoms with E-state index in [9.17, 15) is 0 Å². The van der Waals surface area contributed by atoms with Crippen LogP contribution in [0.1, 0.15) is 36.0 Å². The Morgan fingerprint density at radius 1 is 1.50 bits per heavy atom. The number of aromatic nitrogens is 1. The normalized spacial score (nSPS) is 31.1. The average Bonchev–Trinajstić information content (AvgIpc) is 2.89. The molecule has 1 saturated carbocycles. The minimum absolute atomic E-state index is 0.510. The van der Waals surface area contributed by atoms with Crippen LogP contribution in [-0.2, 0) is 0 Å². The van der Waals surface area contributed by atoms with Gasteiger partial charge in [0, 0.05) is 17.1 Å². The van der Waals surface area contributed by atoms with E-state index in [-0.39, 0.29) is 0 Å². The minimum Gasteiger partial charge on any atom is -0.330 e. The second-order valence-electron chi connectivity index (χ2n) is 5.03. The molecule has 4 heteroatoms. The van der Waals surface area contributed by atoms with Crippen molar-refractivity contribution in [1.29, 1.82) is 0 Å². The van der Waals surface area contributed by atoms with Crippen LogP contribution in [-0.4, -0.2) is 29.0 Å². The molecule has 2 fully saturated rings. The van der Waals surface area contributed by atoms with E-state index in [1.807, 2.05) is 0 Å². The predicted octanol–water partition coefficient (Wildman–Crippen LogP) is 1.94. The third kappa shape index (κ3) is 1.79. The molecule has 2 N–H and O–H groups in total. The van der Waals surface area contributed by atoms with Gasteiger partial charge in [-0.2, -0.15) is 0 Å². The molecule has 1 aromatic rings. The molecule has 0 amide bonds. The van der Waals surface area contributed by atoms with Gasteiger partial charge in [-0.25, -0.2) is 4.98 Å². The van der Waals surface area contributed by atoms with Crippen molar-refractivity contribution in [3.8, 4) is 0 Å². The van der Waals surface area contributed by atoms with Gasteiger partial charge in [0.1, 0.15) is 5.01 Å². The largest absolute Gasteiger partial charge is 0.330 e. The van der Waals surface area contributed by atoms with E-state index >= 15 is 0 Å². The molecule has 0 radical (unpaired) electrons. The Morgan fingerprint density at radius 3 is 2.88 bits per heavy atom. The van der Waals surface area contributed by atoms with Gasteiger partial charge in [0.2, 0.25) is 0 Å². The van der Waals surface area contributed by atoms with E-state index in [1.165, 1.54) is 30.8 Å². The Balaban J connectivity index is 1.87. The number of hydrogen-bond acceptors (Lipinski definition) is 4. The van der Waals surface area contributed by atoms with Crippen LogP contribution in [0.2, 0.25) is 0 Å². The third-order valence-corrected chi connectivity index (χ3v) is 4.80. The van der Waals surface area contributed by atoms with Crippen molar-refractivity contribution in [3.63, 3.8) is 0 Å². The van der Waals surface area contributed by atoms with Gasteiger partial charge in [-0.15, -0.1) is 11.3 Å². The van der Waals surface area contributed by atoms with E-state index < -0.39 is 0 Å². The summed E-state index contributed by atoms with van der Waals surface area (Å²) in [5.74, 6) is 0.617. The highest BCUT2D eigenvalue weighted by Gasteiger charge is 2.43. The molecule has 3 nitrogen and oxygen atoms in total. The van der Waals surface area contributed by atoms with Gasteiger partial charge in [0.15, 0.2) is 0 Å². The molecule has 1 aliphatic carbocycles. The van der Waals surface area contributed by atoms with Crippen LogP contribution < -0.4 is 5.73 Å². The van der Waals surface area contributed by atoms with Crippen molar-refractivity contribution >= 4 is 11.3 Å². The summed E-state index contributed by atoms with van der Waals surface area (Å²) in [6.07, 6.45) is 3.99. The highest BCUT2D eigenvalue weighted by Crippen LogP contribution is 2.44. The first-order chi connectivity index (χ1) is 7.79. The number of nitrogens with zero attached hydrogens (tertiary/aromatic N) is 2. The van der Waals surface area contributed by atoms with Gasteiger partial charge < -0.3 is 5.73 Å². The molecule has 2 unspecified atom stereocenters. The Morgan fingerprint density at radius 2 is 2.31 bits per heavy atom. The first-order valence-corrected chi connectivity index (χ1v) is 7.05. The smallest absolute Gasteiger partial charge is 0.110 e. The van der Waals surface area contributed by atoms with Crippen LogP contribution in [0.3, 0.4) is 0 Å². The first-order valence-electron chi connectivity index (χ1n) is 6.17. The molecule has 2 heterocycles. The summed E-state index contributed by atoms with van der Waals surface area (Å²) in [6, 6.07) is 1.34. The van der Waals surface area contributed by atoms with E-state index in [0.717, 1.165) is 18.3 Å². The van der Waals surface area contributed by atoms with E-state index in [1.54, 1.807) is 11.3 Å². The van der Waals surface area contributed by atoms with Crippen molar-refractivity contribution in [2.75, 3.05) is 13.1 Å². The predicted molar refractivity (Wildman–Crippen MR) is 66.5 cm³/mol. The summed E-state index contributed by atoms with van der Waals surface area (Å²) >= 11 is 1.81. The zero-order valence-corrected chi connectivity index (χ0v) is 10.5. The number of nitrogens with two attached hydrogens (primary N) is 1. The lowest BCUT2D eigenvalue weighted by molar-refractivity contribution is 0.220. The van der Waals surface area contributed by atoms with Crippen LogP contribution in [0.25, 0.3) is 0 Å². The van der Waals surface area contributed by atoms with E-state index in [2.05, 4.69) is 22.2 Å². The molecule has 16 heavy (non-hydrogen) atoms. The van der Waals surface area contributed by atoms with Crippen molar-refractivity contribution in [3.05, 3.63) is 16.1 Å². The maximum atomic E-state index is 5.90. The van der Waals surface area contributed by atoms with Gasteiger partial charge in [-0.3, -0.25) is 4.90 Å². The SMILES string of the molecule is Cc1csc(C2C(CN)CCN2C2CC2)n1. The maximum Gasteiger partial charge on any atom is 0.110 e. The van der Waals surface area contributed by atoms with E-state index in [0.29, 0.717) is 12.0 Å². The highest BCUT2D eigenvalue weighted by molar-refractivity contribution is 7.09. The molecule has 1 aliphatic heterocycles. The first kappa shape index (κ1) is 10.7. The fourth-order valence-electron chi connectivity index (χ4n) is 2.80. The fraction of sp³-hybridized carbons (Fsp3) is 0.750. The average molecular weight is 237 g/mol. The number of rotatable bonds is 3. The molecule has 1 saturated heterocycles. The summed E-state index contributed by atoms with van der Waals surface area (Å²) in [7, 11) is 0. The molecular weight excluding hydrogens is 218 g/mol. The molecule has 88 valence electrons. The summed E-state index contributed by atoms with van der Waals surface area (Å²) in [6.45, 7) is 4.09. The monoisotopic (exact) mass is 237 g/mol. The Bertz CT molecular complexity index is 372.